The molecule has 2 rings (SSSR count). The molecule has 0 aliphatic rings. The number of fused-ring (bicyclic) bond motifs is 1. The lowest BCUT2D eigenvalue weighted by Gasteiger charge is -2.00. The Bertz CT molecular complexity index is 521. The highest BCUT2D eigenvalue weighted by atomic mass is 16.5. The highest BCUT2D eigenvalue weighted by Crippen LogP contribution is 2.04. The Morgan fingerprint density at radius 3 is 3.00 bits per heavy atom. The summed E-state index contributed by atoms with van der Waals surface area (Å²) in [5.74, 6) is 0.178. The molecule has 0 amide bonds. The summed E-state index contributed by atoms with van der Waals surface area (Å²) in [5, 5.41) is 12.1. The third kappa shape index (κ3) is 2.00. The fourth-order valence-electron chi connectivity index (χ4n) is 1.38. The zero-order chi connectivity index (χ0) is 11.5. The molecule has 0 saturated carbocycles. The largest absolute Gasteiger partial charge is 0.466 e. The number of rotatable bonds is 3. The van der Waals surface area contributed by atoms with Crippen LogP contribution in [0.5, 0.6) is 0 Å². The number of esters is 1. The first-order chi connectivity index (χ1) is 7.70. The number of hydrogen-bond acceptors (Lipinski definition) is 5. The van der Waals surface area contributed by atoms with Gasteiger partial charge in [-0.3, -0.25) is 4.79 Å². The van der Waals surface area contributed by atoms with Gasteiger partial charge in [0.1, 0.15) is 6.42 Å². The second kappa shape index (κ2) is 4.26. The first-order valence-corrected chi connectivity index (χ1v) is 5.04. The molecule has 0 aromatic carbocycles. The Labute approximate surface area is 92.2 Å². The molecule has 84 valence electrons. The van der Waals surface area contributed by atoms with E-state index < -0.39 is 0 Å². The summed E-state index contributed by atoms with van der Waals surface area (Å²) in [5.41, 5.74) is 1.47. The molecule has 2 aromatic rings. The van der Waals surface area contributed by atoms with E-state index in [0.717, 1.165) is 5.69 Å². The zero-order valence-electron chi connectivity index (χ0n) is 9.17. The topological polar surface area (TPSA) is 69.4 Å². The predicted octanol–water partition coefficient (Wildman–Crippen LogP) is 0.538. The van der Waals surface area contributed by atoms with Gasteiger partial charge >= 0.3 is 5.97 Å². The molecule has 6 nitrogen and oxygen atoms in total. The fourth-order valence-corrected chi connectivity index (χ4v) is 1.38. The van der Waals surface area contributed by atoms with Crippen molar-refractivity contribution < 1.29 is 9.53 Å². The summed E-state index contributed by atoms with van der Waals surface area (Å²) in [7, 11) is 0. The van der Waals surface area contributed by atoms with Crippen molar-refractivity contribution in [3.63, 3.8) is 0 Å². The van der Waals surface area contributed by atoms with E-state index in [1.807, 2.05) is 19.1 Å². The quantitative estimate of drug-likeness (QED) is 0.706. The first-order valence-electron chi connectivity index (χ1n) is 5.04. The lowest BCUT2D eigenvalue weighted by Crippen LogP contribution is -2.11. The molecule has 0 N–H and O–H groups in total. The standard InChI is InChI=1S/C10H12N4O2/c1-3-16-10(15)6-9-12-11-8-5-4-7(2)13-14(8)9/h4-5H,3,6H2,1-2H3. The van der Waals surface area contributed by atoms with Crippen LogP contribution in [0.2, 0.25) is 0 Å². The van der Waals surface area contributed by atoms with Crippen LogP contribution < -0.4 is 0 Å². The summed E-state index contributed by atoms with van der Waals surface area (Å²) < 4.78 is 6.41. The van der Waals surface area contributed by atoms with Crippen LogP contribution in [0.1, 0.15) is 18.4 Å². The van der Waals surface area contributed by atoms with Gasteiger partial charge in [-0.05, 0) is 26.0 Å². The van der Waals surface area contributed by atoms with Crippen LogP contribution in [0.25, 0.3) is 5.65 Å². The van der Waals surface area contributed by atoms with Crippen LogP contribution in [0.3, 0.4) is 0 Å². The van der Waals surface area contributed by atoms with Gasteiger partial charge in [-0.2, -0.15) is 9.61 Å². The number of aryl methyl sites for hydroxylation is 1. The van der Waals surface area contributed by atoms with Gasteiger partial charge in [0, 0.05) is 0 Å². The van der Waals surface area contributed by atoms with Crippen LogP contribution >= 0.6 is 0 Å². The Kier molecular flexibility index (Phi) is 2.80. The van der Waals surface area contributed by atoms with Crippen LogP contribution in [0, 0.1) is 6.92 Å². The summed E-state index contributed by atoms with van der Waals surface area (Å²) >= 11 is 0. The average molecular weight is 220 g/mol. The predicted molar refractivity (Wildman–Crippen MR) is 55.9 cm³/mol. The molecule has 0 saturated heterocycles. The molecule has 6 heteroatoms. The molecule has 0 spiro atoms. The van der Waals surface area contributed by atoms with E-state index in [9.17, 15) is 4.79 Å². The van der Waals surface area contributed by atoms with Gasteiger partial charge < -0.3 is 4.74 Å². The second-order valence-electron chi connectivity index (χ2n) is 3.34. The maximum atomic E-state index is 11.3. The van der Waals surface area contributed by atoms with Crippen LogP contribution in [-0.2, 0) is 16.0 Å². The van der Waals surface area contributed by atoms with Gasteiger partial charge in [0.05, 0.1) is 12.3 Å². The Morgan fingerprint density at radius 1 is 1.44 bits per heavy atom. The molecule has 2 heterocycles. The minimum atomic E-state index is -0.319. The van der Waals surface area contributed by atoms with Crippen LogP contribution in [0.15, 0.2) is 12.1 Å². The molecular weight excluding hydrogens is 208 g/mol. The van der Waals surface area contributed by atoms with Gasteiger partial charge in [0.2, 0.25) is 0 Å². The Morgan fingerprint density at radius 2 is 2.25 bits per heavy atom. The second-order valence-corrected chi connectivity index (χ2v) is 3.34. The number of hydrogen-bond donors (Lipinski definition) is 0. The van der Waals surface area contributed by atoms with Gasteiger partial charge in [0.25, 0.3) is 0 Å². The van der Waals surface area contributed by atoms with Gasteiger partial charge in [-0.25, -0.2) is 0 Å². The minimum absolute atomic E-state index is 0.0887. The molecule has 0 bridgehead atoms. The maximum Gasteiger partial charge on any atom is 0.313 e. The highest BCUT2D eigenvalue weighted by molar-refractivity contribution is 5.71. The SMILES string of the molecule is CCOC(=O)Cc1nnc2ccc(C)nn12. The van der Waals surface area contributed by atoms with E-state index in [2.05, 4.69) is 15.3 Å². The smallest absolute Gasteiger partial charge is 0.313 e. The maximum absolute atomic E-state index is 11.3. The molecule has 0 atom stereocenters. The first kappa shape index (κ1) is 10.5. The molecule has 16 heavy (non-hydrogen) atoms. The number of aromatic nitrogens is 4. The molecule has 0 unspecified atom stereocenters. The molecule has 0 aliphatic heterocycles. The number of carbonyl (C=O) groups is 1. The molecule has 2 aromatic heterocycles. The third-order valence-electron chi connectivity index (χ3n) is 2.07. The molecule has 0 radical (unpaired) electrons. The van der Waals surface area contributed by atoms with E-state index in [-0.39, 0.29) is 12.4 Å². The number of ether oxygens (including phenoxy) is 1. The summed E-state index contributed by atoms with van der Waals surface area (Å²) in [6, 6.07) is 3.65. The fraction of sp³-hybridized carbons (Fsp3) is 0.400. The summed E-state index contributed by atoms with van der Waals surface area (Å²) in [6.07, 6.45) is 0.0887. The summed E-state index contributed by atoms with van der Waals surface area (Å²) in [4.78, 5) is 11.3. The number of nitrogens with zero attached hydrogens (tertiary/aromatic N) is 4. The van der Waals surface area contributed by atoms with Crippen molar-refractivity contribution in [2.75, 3.05) is 6.61 Å². The van der Waals surface area contributed by atoms with Crippen molar-refractivity contribution in [2.24, 2.45) is 0 Å². The minimum Gasteiger partial charge on any atom is -0.466 e. The average Bonchev–Trinajstić information content (AvgIpc) is 2.61. The van der Waals surface area contributed by atoms with E-state index in [1.54, 1.807) is 11.4 Å². The third-order valence-corrected chi connectivity index (χ3v) is 2.07. The van der Waals surface area contributed by atoms with Gasteiger partial charge in [-0.1, -0.05) is 0 Å². The van der Waals surface area contributed by atoms with Gasteiger partial charge in [0.15, 0.2) is 11.5 Å². The lowest BCUT2D eigenvalue weighted by atomic mass is 10.4. The van der Waals surface area contributed by atoms with Crippen molar-refractivity contribution in [3.05, 3.63) is 23.7 Å². The van der Waals surface area contributed by atoms with Crippen LogP contribution in [0.4, 0.5) is 0 Å². The Balaban J connectivity index is 2.30. The van der Waals surface area contributed by atoms with E-state index in [4.69, 9.17) is 4.74 Å². The highest BCUT2D eigenvalue weighted by Gasteiger charge is 2.11. The van der Waals surface area contributed by atoms with E-state index in [0.29, 0.717) is 18.1 Å². The van der Waals surface area contributed by atoms with E-state index in [1.165, 1.54) is 0 Å². The van der Waals surface area contributed by atoms with Crippen molar-refractivity contribution in [1.82, 2.24) is 19.8 Å². The molecule has 0 aliphatic carbocycles. The summed E-state index contributed by atoms with van der Waals surface area (Å²) in [6.45, 7) is 4.00. The van der Waals surface area contributed by atoms with E-state index >= 15 is 0 Å². The number of carbonyl (C=O) groups excluding carboxylic acids is 1. The molecular formula is C10H12N4O2. The zero-order valence-corrected chi connectivity index (χ0v) is 9.17. The van der Waals surface area contributed by atoms with Crippen molar-refractivity contribution in [3.8, 4) is 0 Å². The Hall–Kier alpha value is -1.98. The van der Waals surface area contributed by atoms with Crippen molar-refractivity contribution in [2.45, 2.75) is 20.3 Å². The normalized spacial score (nSPS) is 10.6. The molecule has 0 fully saturated rings. The monoisotopic (exact) mass is 220 g/mol. The van der Waals surface area contributed by atoms with Crippen molar-refractivity contribution >= 4 is 11.6 Å². The van der Waals surface area contributed by atoms with Crippen LogP contribution in [-0.4, -0.2) is 32.4 Å². The van der Waals surface area contributed by atoms with Gasteiger partial charge in [-0.15, -0.1) is 10.2 Å². The van der Waals surface area contributed by atoms with Crippen molar-refractivity contribution in [1.29, 1.82) is 0 Å². The lowest BCUT2D eigenvalue weighted by molar-refractivity contribution is -0.142.